The fourth-order valence-corrected chi connectivity index (χ4v) is 3.95. The number of carbonyl (C=O) groups excluding carboxylic acids is 1. The number of halogens is 3. The topological polar surface area (TPSA) is 95.9 Å². The molecule has 0 spiro atoms. The quantitative estimate of drug-likeness (QED) is 0.777. The smallest absolute Gasteiger partial charge is 0.475 e. The molecule has 3 fully saturated rings. The van der Waals surface area contributed by atoms with Crippen molar-refractivity contribution in [3.05, 3.63) is 24.3 Å². The van der Waals surface area contributed by atoms with Crippen molar-refractivity contribution < 1.29 is 32.6 Å². The number of likely N-dealkylation sites (tertiary alicyclic amines) is 1. The van der Waals surface area contributed by atoms with Crippen LogP contribution in [0.25, 0.3) is 0 Å². The third-order valence-corrected chi connectivity index (χ3v) is 5.56. The molecule has 4 rings (SSSR count). The maximum atomic E-state index is 12.6. The predicted molar refractivity (Wildman–Crippen MR) is 98.2 cm³/mol. The Kier molecular flexibility index (Phi) is 6.91. The zero-order chi connectivity index (χ0) is 21.9. The van der Waals surface area contributed by atoms with Crippen molar-refractivity contribution in [1.82, 2.24) is 19.8 Å². The van der Waals surface area contributed by atoms with Gasteiger partial charge in [0.2, 0.25) is 5.91 Å². The third kappa shape index (κ3) is 5.45. The molecule has 1 N–H and O–H groups in total. The lowest BCUT2D eigenvalue weighted by atomic mass is 10.00. The molecule has 1 aliphatic carbocycles. The molecule has 1 aromatic heterocycles. The Morgan fingerprint density at radius 1 is 1.27 bits per heavy atom. The summed E-state index contributed by atoms with van der Waals surface area (Å²) in [5.41, 5.74) is 1.09. The maximum Gasteiger partial charge on any atom is 0.490 e. The van der Waals surface area contributed by atoms with Crippen LogP contribution in [0.15, 0.2) is 18.7 Å². The summed E-state index contributed by atoms with van der Waals surface area (Å²) in [6.45, 7) is 2.38. The second kappa shape index (κ2) is 9.25. The van der Waals surface area contributed by atoms with Crippen LogP contribution in [0.2, 0.25) is 0 Å². The van der Waals surface area contributed by atoms with Gasteiger partial charge in [-0.1, -0.05) is 0 Å². The molecule has 0 aromatic carbocycles. The van der Waals surface area contributed by atoms with E-state index in [-0.39, 0.29) is 24.1 Å². The van der Waals surface area contributed by atoms with E-state index >= 15 is 0 Å². The van der Waals surface area contributed by atoms with E-state index in [4.69, 9.17) is 14.6 Å². The number of aromatic nitrogens is 2. The van der Waals surface area contributed by atoms with E-state index in [1.165, 1.54) is 0 Å². The normalized spacial score (nSPS) is 26.0. The summed E-state index contributed by atoms with van der Waals surface area (Å²) in [4.78, 5) is 34.1. The number of likely N-dealkylation sites (N-methyl/N-ethyl adjacent to an activating group) is 1. The molecular formula is C19H25F3N4O4. The van der Waals surface area contributed by atoms with E-state index < -0.39 is 12.1 Å². The SMILES string of the molecule is CN(Cc1cncnc1)[C@@H]1CN(C(=O)C2CC2)[C@@H]2CCCO[C@H]12.O=C(O)C(F)(F)F. The highest BCUT2D eigenvalue weighted by Gasteiger charge is 2.49. The highest BCUT2D eigenvalue weighted by molar-refractivity contribution is 5.82. The second-order valence-electron chi connectivity index (χ2n) is 7.84. The number of hydrogen-bond acceptors (Lipinski definition) is 6. The molecule has 3 heterocycles. The highest BCUT2D eigenvalue weighted by Crippen LogP contribution is 2.37. The van der Waals surface area contributed by atoms with Crippen LogP contribution in [0.5, 0.6) is 0 Å². The van der Waals surface area contributed by atoms with E-state index in [2.05, 4.69) is 26.8 Å². The Hall–Kier alpha value is -2.27. The maximum absolute atomic E-state index is 12.6. The van der Waals surface area contributed by atoms with Crippen LogP contribution in [0.4, 0.5) is 13.2 Å². The number of carboxylic acids is 1. The Morgan fingerprint density at radius 2 is 1.90 bits per heavy atom. The van der Waals surface area contributed by atoms with Gasteiger partial charge in [-0.05, 0) is 32.7 Å². The van der Waals surface area contributed by atoms with Gasteiger partial charge in [-0.3, -0.25) is 9.69 Å². The predicted octanol–water partition coefficient (Wildman–Crippen LogP) is 1.71. The fourth-order valence-electron chi connectivity index (χ4n) is 3.95. The zero-order valence-corrected chi connectivity index (χ0v) is 16.6. The van der Waals surface area contributed by atoms with Crippen molar-refractivity contribution in [2.24, 2.45) is 5.92 Å². The van der Waals surface area contributed by atoms with Gasteiger partial charge in [0.25, 0.3) is 0 Å². The van der Waals surface area contributed by atoms with Crippen molar-refractivity contribution in [2.75, 3.05) is 20.2 Å². The summed E-state index contributed by atoms with van der Waals surface area (Å²) < 4.78 is 37.8. The van der Waals surface area contributed by atoms with E-state index in [9.17, 15) is 18.0 Å². The molecule has 30 heavy (non-hydrogen) atoms. The number of carboxylic acid groups (broad SMARTS) is 1. The first-order valence-electron chi connectivity index (χ1n) is 9.84. The van der Waals surface area contributed by atoms with Gasteiger partial charge in [0.15, 0.2) is 0 Å². The van der Waals surface area contributed by atoms with Gasteiger partial charge in [0.05, 0.1) is 18.2 Å². The van der Waals surface area contributed by atoms with Crippen molar-refractivity contribution in [2.45, 2.75) is 56.6 Å². The van der Waals surface area contributed by atoms with Gasteiger partial charge in [-0.2, -0.15) is 13.2 Å². The second-order valence-corrected chi connectivity index (χ2v) is 7.84. The van der Waals surface area contributed by atoms with E-state index in [0.29, 0.717) is 5.91 Å². The molecule has 2 aliphatic heterocycles. The highest BCUT2D eigenvalue weighted by atomic mass is 19.4. The van der Waals surface area contributed by atoms with E-state index in [1.807, 2.05) is 12.4 Å². The Labute approximate surface area is 172 Å². The summed E-state index contributed by atoms with van der Waals surface area (Å²) in [6, 6.07) is 0.513. The molecule has 3 aliphatic rings. The third-order valence-electron chi connectivity index (χ3n) is 5.56. The molecule has 11 heteroatoms. The summed E-state index contributed by atoms with van der Waals surface area (Å²) in [5, 5.41) is 7.12. The molecule has 2 saturated heterocycles. The minimum Gasteiger partial charge on any atom is -0.475 e. The summed E-state index contributed by atoms with van der Waals surface area (Å²) in [7, 11) is 2.11. The molecule has 1 aromatic rings. The molecule has 0 bridgehead atoms. The minimum atomic E-state index is -5.08. The first-order valence-corrected chi connectivity index (χ1v) is 9.84. The lowest BCUT2D eigenvalue weighted by molar-refractivity contribution is -0.192. The average Bonchev–Trinajstić information content (AvgIpc) is 3.48. The molecule has 1 amide bonds. The van der Waals surface area contributed by atoms with Gasteiger partial charge < -0.3 is 14.7 Å². The van der Waals surface area contributed by atoms with Crippen LogP contribution in [-0.4, -0.2) is 81.3 Å². The number of ether oxygens (including phenoxy) is 1. The number of nitrogens with zero attached hydrogens (tertiary/aromatic N) is 4. The van der Waals surface area contributed by atoms with Gasteiger partial charge in [-0.15, -0.1) is 0 Å². The number of aliphatic carboxylic acids is 1. The molecule has 166 valence electrons. The molecule has 0 radical (unpaired) electrons. The zero-order valence-electron chi connectivity index (χ0n) is 16.6. The van der Waals surface area contributed by atoms with Crippen molar-refractivity contribution in [1.29, 1.82) is 0 Å². The summed E-state index contributed by atoms with van der Waals surface area (Å²) in [6.07, 6.45) is 4.57. The molecule has 8 nitrogen and oxygen atoms in total. The molecule has 3 atom stereocenters. The first-order chi connectivity index (χ1) is 14.2. The Morgan fingerprint density at radius 3 is 2.47 bits per heavy atom. The number of fused-ring (bicyclic) bond motifs is 1. The minimum absolute atomic E-state index is 0.140. The Bertz CT molecular complexity index is 745. The van der Waals surface area contributed by atoms with Gasteiger partial charge in [0.1, 0.15) is 6.33 Å². The standard InChI is InChI=1S/C17H24N4O2.C2HF3O2/c1-20(9-12-7-18-11-19-8-12)15-10-21(17(22)13-4-5-13)14-3-2-6-23-16(14)15;3-2(4,5)1(6)7/h7-8,11,13-16H,2-6,9-10H2,1H3;(H,6,7)/t14-,15-,16+;/m1./s1. The van der Waals surface area contributed by atoms with Crippen LogP contribution >= 0.6 is 0 Å². The van der Waals surface area contributed by atoms with E-state index in [0.717, 1.165) is 50.9 Å². The number of alkyl halides is 3. The van der Waals surface area contributed by atoms with Crippen LogP contribution in [0, 0.1) is 5.92 Å². The van der Waals surface area contributed by atoms with Crippen molar-refractivity contribution in [3.63, 3.8) is 0 Å². The van der Waals surface area contributed by atoms with Crippen molar-refractivity contribution >= 4 is 11.9 Å². The lowest BCUT2D eigenvalue weighted by Gasteiger charge is -2.34. The number of carbonyl (C=O) groups is 2. The molecule has 0 unspecified atom stereocenters. The van der Waals surface area contributed by atoms with E-state index in [1.54, 1.807) is 6.33 Å². The van der Waals surface area contributed by atoms with Gasteiger partial charge in [0, 0.05) is 43.6 Å². The Balaban J connectivity index is 0.000000318. The van der Waals surface area contributed by atoms with Crippen LogP contribution in [0.1, 0.15) is 31.2 Å². The van der Waals surface area contributed by atoms with Crippen molar-refractivity contribution in [3.8, 4) is 0 Å². The van der Waals surface area contributed by atoms with Crippen LogP contribution in [0.3, 0.4) is 0 Å². The van der Waals surface area contributed by atoms with Crippen LogP contribution in [-0.2, 0) is 20.9 Å². The lowest BCUT2D eigenvalue weighted by Crippen LogP contribution is -2.46. The summed E-state index contributed by atoms with van der Waals surface area (Å²) >= 11 is 0. The summed E-state index contributed by atoms with van der Waals surface area (Å²) in [5.74, 6) is -2.12. The molecule has 1 saturated carbocycles. The monoisotopic (exact) mass is 430 g/mol. The van der Waals surface area contributed by atoms with Crippen LogP contribution < -0.4 is 0 Å². The number of rotatable bonds is 4. The largest absolute Gasteiger partial charge is 0.490 e. The average molecular weight is 430 g/mol. The number of hydrogen-bond donors (Lipinski definition) is 1. The number of amides is 1. The first kappa shape index (κ1) is 22.4. The fraction of sp³-hybridized carbons (Fsp3) is 0.684. The van der Waals surface area contributed by atoms with Gasteiger partial charge >= 0.3 is 12.1 Å². The van der Waals surface area contributed by atoms with Gasteiger partial charge in [-0.25, -0.2) is 14.8 Å². The molecular weight excluding hydrogens is 405 g/mol.